The topological polar surface area (TPSA) is 56.7 Å². The standard InChI is InChI=1S/C11H10FN3O/c1-6(2)15-9-4-3-7(12)5-8(9)10(14-13)11(15)16/h3-6H,1-2H3. The van der Waals surface area contributed by atoms with Crippen molar-refractivity contribution in [3.63, 3.8) is 0 Å². The summed E-state index contributed by atoms with van der Waals surface area (Å²) in [7, 11) is 0. The minimum atomic E-state index is -0.460. The lowest BCUT2D eigenvalue weighted by atomic mass is 10.1. The summed E-state index contributed by atoms with van der Waals surface area (Å²) in [6.45, 7) is 3.68. The molecular formula is C11H10FN3O. The second-order valence-corrected chi connectivity index (χ2v) is 3.88. The van der Waals surface area contributed by atoms with Gasteiger partial charge in [0.05, 0.1) is 11.3 Å². The van der Waals surface area contributed by atoms with E-state index in [1.54, 1.807) is 0 Å². The maximum absolute atomic E-state index is 13.1. The lowest BCUT2D eigenvalue weighted by Gasteiger charge is -2.19. The maximum Gasteiger partial charge on any atom is 0.389 e. The molecule has 1 aromatic carbocycles. The zero-order chi connectivity index (χ0) is 11.9. The predicted octanol–water partition coefficient (Wildman–Crippen LogP) is 1.60. The highest BCUT2D eigenvalue weighted by Crippen LogP contribution is 2.30. The van der Waals surface area contributed by atoms with E-state index in [4.69, 9.17) is 5.53 Å². The van der Waals surface area contributed by atoms with E-state index >= 15 is 0 Å². The number of carbonyl (C=O) groups excluding carboxylic acids is 1. The number of rotatable bonds is 1. The molecule has 16 heavy (non-hydrogen) atoms. The van der Waals surface area contributed by atoms with Crippen LogP contribution in [-0.4, -0.2) is 22.5 Å². The van der Waals surface area contributed by atoms with Crippen molar-refractivity contribution in [2.45, 2.75) is 19.9 Å². The molecule has 0 spiro atoms. The summed E-state index contributed by atoms with van der Waals surface area (Å²) < 4.78 is 13.1. The van der Waals surface area contributed by atoms with Gasteiger partial charge in [-0.2, -0.15) is 4.79 Å². The monoisotopic (exact) mass is 219 g/mol. The van der Waals surface area contributed by atoms with Crippen molar-refractivity contribution < 1.29 is 14.0 Å². The summed E-state index contributed by atoms with van der Waals surface area (Å²) in [5.41, 5.74) is 9.60. The van der Waals surface area contributed by atoms with Gasteiger partial charge in [-0.3, -0.25) is 9.69 Å². The van der Waals surface area contributed by atoms with Crippen molar-refractivity contribution in [3.8, 4) is 0 Å². The van der Waals surface area contributed by atoms with Crippen LogP contribution < -0.4 is 4.90 Å². The molecule has 0 N–H and O–H groups in total. The van der Waals surface area contributed by atoms with Crippen LogP contribution in [0.2, 0.25) is 0 Å². The van der Waals surface area contributed by atoms with Crippen LogP contribution in [0.15, 0.2) is 18.2 Å². The van der Waals surface area contributed by atoms with Gasteiger partial charge in [0.2, 0.25) is 0 Å². The molecule has 1 amide bonds. The molecule has 1 aliphatic heterocycles. The number of anilines is 1. The van der Waals surface area contributed by atoms with Crippen molar-refractivity contribution >= 4 is 17.3 Å². The predicted molar refractivity (Wildman–Crippen MR) is 56.8 cm³/mol. The number of halogens is 1. The van der Waals surface area contributed by atoms with Crippen LogP contribution in [0.25, 0.3) is 5.53 Å². The number of amides is 1. The molecule has 0 fully saturated rings. The largest absolute Gasteiger partial charge is 0.389 e. The number of benzene rings is 1. The van der Waals surface area contributed by atoms with Gasteiger partial charge in [0.1, 0.15) is 5.82 Å². The average molecular weight is 219 g/mol. The zero-order valence-electron chi connectivity index (χ0n) is 8.94. The molecule has 1 heterocycles. The third-order valence-corrected chi connectivity index (χ3v) is 2.51. The van der Waals surface area contributed by atoms with Gasteiger partial charge in [0, 0.05) is 6.04 Å². The number of hydrogen-bond acceptors (Lipinski definition) is 1. The third kappa shape index (κ3) is 1.33. The second-order valence-electron chi connectivity index (χ2n) is 3.88. The third-order valence-electron chi connectivity index (χ3n) is 2.51. The highest BCUT2D eigenvalue weighted by atomic mass is 19.1. The van der Waals surface area contributed by atoms with Gasteiger partial charge in [-0.1, -0.05) is 0 Å². The fraction of sp³-hybridized carbons (Fsp3) is 0.273. The SMILES string of the molecule is CC(C)N1C(=O)C(=[N+]=[N-])c2cc(F)ccc21. The highest BCUT2D eigenvalue weighted by Gasteiger charge is 2.41. The molecule has 0 saturated carbocycles. The Balaban J connectivity index is 2.69. The number of carbonyl (C=O) groups is 1. The first kappa shape index (κ1) is 10.5. The Labute approximate surface area is 91.9 Å². The van der Waals surface area contributed by atoms with Gasteiger partial charge in [-0.25, -0.2) is 4.39 Å². The highest BCUT2D eigenvalue weighted by molar-refractivity contribution is 6.52. The van der Waals surface area contributed by atoms with E-state index < -0.39 is 11.7 Å². The molecule has 0 saturated heterocycles. The zero-order valence-corrected chi connectivity index (χ0v) is 8.94. The van der Waals surface area contributed by atoms with Crippen molar-refractivity contribution in [2.24, 2.45) is 0 Å². The van der Waals surface area contributed by atoms with Gasteiger partial charge in [0.15, 0.2) is 0 Å². The van der Waals surface area contributed by atoms with Crippen LogP contribution in [0.5, 0.6) is 0 Å². The molecule has 0 aromatic heterocycles. The molecule has 1 aliphatic rings. The van der Waals surface area contributed by atoms with Crippen molar-refractivity contribution in [1.29, 1.82) is 0 Å². The van der Waals surface area contributed by atoms with Crippen molar-refractivity contribution in [2.75, 3.05) is 4.90 Å². The van der Waals surface area contributed by atoms with Crippen LogP contribution in [0.4, 0.5) is 10.1 Å². The Kier molecular flexibility index (Phi) is 2.33. The Hall–Kier alpha value is -2.00. The summed E-state index contributed by atoms with van der Waals surface area (Å²) in [5, 5.41) is 0. The van der Waals surface area contributed by atoms with Crippen LogP contribution in [0.3, 0.4) is 0 Å². The van der Waals surface area contributed by atoms with Gasteiger partial charge in [0.25, 0.3) is 0 Å². The van der Waals surface area contributed by atoms with Gasteiger partial charge < -0.3 is 5.53 Å². The first-order valence-corrected chi connectivity index (χ1v) is 4.91. The molecule has 0 unspecified atom stereocenters. The maximum atomic E-state index is 13.1. The molecule has 4 nitrogen and oxygen atoms in total. The normalized spacial score (nSPS) is 14.4. The Bertz CT molecular complexity index is 518. The molecule has 82 valence electrons. The van der Waals surface area contributed by atoms with Gasteiger partial charge >= 0.3 is 11.6 Å². The Morgan fingerprint density at radius 2 is 2.12 bits per heavy atom. The van der Waals surface area contributed by atoms with Gasteiger partial charge in [-0.05, 0) is 32.0 Å². The van der Waals surface area contributed by atoms with E-state index in [0.29, 0.717) is 11.3 Å². The first-order chi connectivity index (χ1) is 7.56. The summed E-state index contributed by atoms with van der Waals surface area (Å²) in [4.78, 5) is 16.3. The van der Waals surface area contributed by atoms with E-state index in [0.717, 1.165) is 0 Å². The minimum absolute atomic E-state index is 0.0732. The van der Waals surface area contributed by atoms with E-state index in [1.165, 1.54) is 23.1 Å². The van der Waals surface area contributed by atoms with Crippen LogP contribution in [0.1, 0.15) is 19.4 Å². The molecule has 5 heteroatoms. The average Bonchev–Trinajstić information content (AvgIpc) is 2.49. The van der Waals surface area contributed by atoms with Crippen molar-refractivity contribution in [3.05, 3.63) is 35.1 Å². The Morgan fingerprint density at radius 3 is 2.69 bits per heavy atom. The van der Waals surface area contributed by atoms with E-state index in [1.807, 2.05) is 13.8 Å². The number of nitrogens with zero attached hydrogens (tertiary/aromatic N) is 3. The first-order valence-electron chi connectivity index (χ1n) is 4.91. The summed E-state index contributed by atoms with van der Waals surface area (Å²) >= 11 is 0. The summed E-state index contributed by atoms with van der Waals surface area (Å²) in [6.07, 6.45) is 0. The summed E-state index contributed by atoms with van der Waals surface area (Å²) in [5.74, 6) is -0.864. The molecule has 1 aromatic rings. The smallest absolute Gasteiger partial charge is 0.361 e. The molecule has 0 radical (unpaired) electrons. The van der Waals surface area contributed by atoms with Gasteiger partial charge in [-0.15, -0.1) is 0 Å². The molecule has 0 aliphatic carbocycles. The minimum Gasteiger partial charge on any atom is -0.361 e. The van der Waals surface area contributed by atoms with Crippen LogP contribution in [0, 0.1) is 5.82 Å². The van der Waals surface area contributed by atoms with Crippen molar-refractivity contribution in [1.82, 2.24) is 0 Å². The number of hydrogen-bond donors (Lipinski definition) is 0. The second kappa shape index (κ2) is 3.54. The van der Waals surface area contributed by atoms with E-state index in [9.17, 15) is 9.18 Å². The molecule has 2 rings (SSSR count). The lowest BCUT2D eigenvalue weighted by molar-refractivity contribution is -0.116. The molecular weight excluding hydrogens is 209 g/mol. The number of fused-ring (bicyclic) bond motifs is 1. The molecule has 0 atom stereocenters. The fourth-order valence-corrected chi connectivity index (χ4v) is 1.86. The van der Waals surface area contributed by atoms with E-state index in [-0.39, 0.29) is 11.8 Å². The lowest BCUT2D eigenvalue weighted by Crippen LogP contribution is -2.36. The van der Waals surface area contributed by atoms with Crippen LogP contribution in [-0.2, 0) is 4.79 Å². The molecule has 0 bridgehead atoms. The van der Waals surface area contributed by atoms with Crippen LogP contribution >= 0.6 is 0 Å². The summed E-state index contributed by atoms with van der Waals surface area (Å²) in [6, 6.07) is 3.92. The van der Waals surface area contributed by atoms with E-state index in [2.05, 4.69) is 4.79 Å². The quantitative estimate of drug-likeness (QED) is 0.522. The fourth-order valence-electron chi connectivity index (χ4n) is 1.86. The Morgan fingerprint density at radius 1 is 1.44 bits per heavy atom.